The fraction of sp³-hybridized carbons (Fsp3) is 0.429. The number of hydrogen-bond acceptors (Lipinski definition) is 3. The van der Waals surface area contributed by atoms with Gasteiger partial charge in [-0.15, -0.1) is 11.3 Å². The standard InChI is InChI=1S/C14H13F3N2OS/c1-8-10(4-11(7-20)21-8)6-19-12(9-2-3-9)5-13(18-19)14(15,16)17/h4-5,7,9H,2-3,6H2,1H3. The lowest BCUT2D eigenvalue weighted by atomic mass is 10.2. The van der Waals surface area contributed by atoms with Crippen LogP contribution in [0.25, 0.3) is 0 Å². The summed E-state index contributed by atoms with van der Waals surface area (Å²) >= 11 is 1.34. The number of aldehydes is 1. The van der Waals surface area contributed by atoms with Crippen LogP contribution in [0.5, 0.6) is 0 Å². The van der Waals surface area contributed by atoms with Crippen LogP contribution in [0.1, 0.15) is 50.3 Å². The third-order valence-electron chi connectivity index (χ3n) is 3.57. The maximum atomic E-state index is 12.8. The van der Waals surface area contributed by atoms with Gasteiger partial charge in [0.15, 0.2) is 12.0 Å². The van der Waals surface area contributed by atoms with Crippen molar-refractivity contribution < 1.29 is 18.0 Å². The van der Waals surface area contributed by atoms with E-state index in [-0.39, 0.29) is 12.5 Å². The van der Waals surface area contributed by atoms with Gasteiger partial charge in [0, 0.05) is 16.5 Å². The third kappa shape index (κ3) is 2.88. The van der Waals surface area contributed by atoms with Gasteiger partial charge in [0.2, 0.25) is 0 Å². The lowest BCUT2D eigenvalue weighted by molar-refractivity contribution is -0.141. The molecule has 1 saturated carbocycles. The van der Waals surface area contributed by atoms with Gasteiger partial charge in [-0.05, 0) is 37.5 Å². The molecular formula is C14H13F3N2OS. The number of alkyl halides is 3. The van der Waals surface area contributed by atoms with Gasteiger partial charge in [0.25, 0.3) is 0 Å². The van der Waals surface area contributed by atoms with E-state index in [2.05, 4.69) is 5.10 Å². The second kappa shape index (κ2) is 4.98. The number of aryl methyl sites for hydroxylation is 1. The molecule has 1 aliphatic rings. The van der Waals surface area contributed by atoms with Gasteiger partial charge < -0.3 is 0 Å². The highest BCUT2D eigenvalue weighted by molar-refractivity contribution is 7.13. The monoisotopic (exact) mass is 314 g/mol. The summed E-state index contributed by atoms with van der Waals surface area (Å²) in [4.78, 5) is 12.3. The fourth-order valence-corrected chi connectivity index (χ4v) is 3.18. The first-order chi connectivity index (χ1) is 9.88. The minimum absolute atomic E-state index is 0.179. The fourth-order valence-electron chi connectivity index (χ4n) is 2.33. The van der Waals surface area contributed by atoms with Gasteiger partial charge in [-0.25, -0.2) is 0 Å². The summed E-state index contributed by atoms with van der Waals surface area (Å²) in [6.07, 6.45) is -1.85. The highest BCUT2D eigenvalue weighted by Crippen LogP contribution is 2.42. The Bertz CT molecular complexity index is 683. The Kier molecular flexibility index (Phi) is 3.39. The molecule has 112 valence electrons. The van der Waals surface area contributed by atoms with Crippen molar-refractivity contribution in [1.29, 1.82) is 0 Å². The van der Waals surface area contributed by atoms with Crippen molar-refractivity contribution in [3.8, 4) is 0 Å². The molecule has 1 aliphatic carbocycles. The van der Waals surface area contributed by atoms with Crippen LogP contribution in [0.3, 0.4) is 0 Å². The first-order valence-corrected chi connectivity index (χ1v) is 7.39. The van der Waals surface area contributed by atoms with Crippen LogP contribution in [0.4, 0.5) is 13.2 Å². The Morgan fingerprint density at radius 1 is 1.43 bits per heavy atom. The molecule has 0 spiro atoms. The maximum absolute atomic E-state index is 12.8. The second-order valence-electron chi connectivity index (χ2n) is 5.23. The van der Waals surface area contributed by atoms with E-state index >= 15 is 0 Å². The van der Waals surface area contributed by atoms with E-state index in [4.69, 9.17) is 0 Å². The smallest absolute Gasteiger partial charge is 0.297 e. The molecule has 0 atom stereocenters. The minimum Gasteiger partial charge on any atom is -0.297 e. The number of nitrogens with zero attached hydrogens (tertiary/aromatic N) is 2. The molecule has 7 heteroatoms. The van der Waals surface area contributed by atoms with E-state index in [1.807, 2.05) is 6.92 Å². The van der Waals surface area contributed by atoms with Crippen molar-refractivity contribution in [2.45, 2.75) is 38.4 Å². The predicted molar refractivity (Wildman–Crippen MR) is 72.7 cm³/mol. The second-order valence-corrected chi connectivity index (χ2v) is 6.52. The largest absolute Gasteiger partial charge is 0.435 e. The highest BCUT2D eigenvalue weighted by atomic mass is 32.1. The Balaban J connectivity index is 1.95. The van der Waals surface area contributed by atoms with Crippen LogP contribution in [0.15, 0.2) is 12.1 Å². The first kappa shape index (κ1) is 14.3. The molecule has 0 aromatic carbocycles. The Morgan fingerprint density at radius 2 is 2.14 bits per heavy atom. The molecule has 3 rings (SSSR count). The summed E-state index contributed by atoms with van der Waals surface area (Å²) < 4.78 is 39.9. The van der Waals surface area contributed by atoms with Gasteiger partial charge in [0.05, 0.1) is 11.4 Å². The van der Waals surface area contributed by atoms with Gasteiger partial charge in [0.1, 0.15) is 0 Å². The summed E-state index contributed by atoms with van der Waals surface area (Å²) in [5, 5.41) is 3.72. The molecule has 0 aliphatic heterocycles. The minimum atomic E-state index is -4.42. The molecule has 0 radical (unpaired) electrons. The van der Waals surface area contributed by atoms with Gasteiger partial charge >= 0.3 is 6.18 Å². The van der Waals surface area contributed by atoms with Crippen molar-refractivity contribution in [3.05, 3.63) is 38.8 Å². The van der Waals surface area contributed by atoms with Crippen LogP contribution in [0, 0.1) is 6.92 Å². The van der Waals surface area contributed by atoms with Crippen LogP contribution in [-0.2, 0) is 12.7 Å². The molecule has 0 saturated heterocycles. The Labute approximate surface area is 123 Å². The molecule has 1 fully saturated rings. The normalized spacial score (nSPS) is 15.4. The van der Waals surface area contributed by atoms with Gasteiger partial charge in [-0.1, -0.05) is 0 Å². The predicted octanol–water partition coefficient (Wildman–Crippen LogP) is 4.01. The van der Waals surface area contributed by atoms with Crippen LogP contribution in [-0.4, -0.2) is 16.1 Å². The van der Waals surface area contributed by atoms with E-state index in [0.717, 1.165) is 35.6 Å². The van der Waals surface area contributed by atoms with Crippen molar-refractivity contribution in [2.24, 2.45) is 0 Å². The summed E-state index contributed by atoms with van der Waals surface area (Å²) in [5.74, 6) is 0.179. The van der Waals surface area contributed by atoms with E-state index in [9.17, 15) is 18.0 Å². The van der Waals surface area contributed by atoms with E-state index in [1.165, 1.54) is 16.0 Å². The molecule has 0 N–H and O–H groups in total. The number of thiophene rings is 1. The number of carbonyl (C=O) groups is 1. The third-order valence-corrected chi connectivity index (χ3v) is 4.59. The molecule has 21 heavy (non-hydrogen) atoms. The zero-order valence-corrected chi connectivity index (χ0v) is 12.1. The lowest BCUT2D eigenvalue weighted by Gasteiger charge is -2.06. The molecule has 2 aromatic rings. The summed E-state index contributed by atoms with van der Waals surface area (Å²) in [6, 6.07) is 2.87. The molecule has 2 heterocycles. The number of carbonyl (C=O) groups excluding carboxylic acids is 1. The summed E-state index contributed by atoms with van der Waals surface area (Å²) in [6.45, 7) is 2.13. The van der Waals surface area contributed by atoms with Crippen molar-refractivity contribution in [2.75, 3.05) is 0 Å². The number of rotatable bonds is 4. The van der Waals surface area contributed by atoms with Crippen LogP contribution >= 0.6 is 11.3 Å². The first-order valence-electron chi connectivity index (χ1n) is 6.58. The van der Waals surface area contributed by atoms with Gasteiger partial charge in [-0.2, -0.15) is 18.3 Å². The van der Waals surface area contributed by atoms with Crippen LogP contribution in [0.2, 0.25) is 0 Å². The molecular weight excluding hydrogens is 301 g/mol. The zero-order valence-electron chi connectivity index (χ0n) is 11.3. The molecule has 2 aromatic heterocycles. The Hall–Kier alpha value is -1.63. The van der Waals surface area contributed by atoms with E-state index in [0.29, 0.717) is 10.6 Å². The summed E-state index contributed by atoms with van der Waals surface area (Å²) in [5.41, 5.74) is 0.647. The van der Waals surface area contributed by atoms with E-state index < -0.39 is 11.9 Å². The average Bonchev–Trinajstić information content (AvgIpc) is 3.06. The summed E-state index contributed by atoms with van der Waals surface area (Å²) in [7, 11) is 0. The van der Waals surface area contributed by atoms with Crippen LogP contribution < -0.4 is 0 Å². The molecule has 0 bridgehead atoms. The van der Waals surface area contributed by atoms with Crippen molar-refractivity contribution in [1.82, 2.24) is 9.78 Å². The lowest BCUT2D eigenvalue weighted by Crippen LogP contribution is -2.09. The van der Waals surface area contributed by atoms with E-state index in [1.54, 1.807) is 6.07 Å². The highest BCUT2D eigenvalue weighted by Gasteiger charge is 2.37. The van der Waals surface area contributed by atoms with Crippen molar-refractivity contribution >= 4 is 17.6 Å². The number of halogens is 3. The molecule has 0 amide bonds. The Morgan fingerprint density at radius 3 is 2.67 bits per heavy atom. The number of hydrogen-bond donors (Lipinski definition) is 0. The topological polar surface area (TPSA) is 34.9 Å². The average molecular weight is 314 g/mol. The quantitative estimate of drug-likeness (QED) is 0.799. The van der Waals surface area contributed by atoms with Crippen molar-refractivity contribution in [3.63, 3.8) is 0 Å². The molecule has 0 unspecified atom stereocenters. The van der Waals surface area contributed by atoms with Gasteiger partial charge in [-0.3, -0.25) is 9.48 Å². The maximum Gasteiger partial charge on any atom is 0.435 e. The number of aromatic nitrogens is 2. The SMILES string of the molecule is Cc1sc(C=O)cc1Cn1nc(C(F)(F)F)cc1C1CC1. The molecule has 3 nitrogen and oxygen atoms in total. The zero-order chi connectivity index (χ0) is 15.2.